The molecule has 1 N–H and O–H groups in total. The fraction of sp³-hybridized carbons (Fsp3) is 0.250. The lowest BCUT2D eigenvalue weighted by Crippen LogP contribution is -2.41. The number of nitrogens with zero attached hydrogens (tertiary/aromatic N) is 1. The van der Waals surface area contributed by atoms with Crippen LogP contribution in [0.15, 0.2) is 48.5 Å². The zero-order valence-electron chi connectivity index (χ0n) is 14.3. The van der Waals surface area contributed by atoms with E-state index in [2.05, 4.69) is 5.32 Å². The van der Waals surface area contributed by atoms with Gasteiger partial charge in [-0.05, 0) is 31.0 Å². The molecular formula is C20H20N2O3. The van der Waals surface area contributed by atoms with E-state index in [0.29, 0.717) is 11.1 Å². The van der Waals surface area contributed by atoms with Gasteiger partial charge >= 0.3 is 0 Å². The lowest BCUT2D eigenvalue weighted by Gasteiger charge is -2.20. The molecule has 0 radical (unpaired) electrons. The van der Waals surface area contributed by atoms with E-state index in [1.807, 2.05) is 38.1 Å². The summed E-state index contributed by atoms with van der Waals surface area (Å²) in [7, 11) is 0. The van der Waals surface area contributed by atoms with E-state index in [4.69, 9.17) is 0 Å². The van der Waals surface area contributed by atoms with Gasteiger partial charge in [0.1, 0.15) is 6.54 Å². The molecule has 1 heterocycles. The Morgan fingerprint density at radius 3 is 2.08 bits per heavy atom. The van der Waals surface area contributed by atoms with E-state index < -0.39 is 11.8 Å². The third-order valence-corrected chi connectivity index (χ3v) is 4.40. The van der Waals surface area contributed by atoms with Crippen LogP contribution in [-0.2, 0) is 4.79 Å². The summed E-state index contributed by atoms with van der Waals surface area (Å²) >= 11 is 0. The van der Waals surface area contributed by atoms with Crippen LogP contribution < -0.4 is 5.32 Å². The quantitative estimate of drug-likeness (QED) is 0.854. The van der Waals surface area contributed by atoms with Crippen molar-refractivity contribution in [1.29, 1.82) is 0 Å². The van der Waals surface area contributed by atoms with Crippen molar-refractivity contribution < 1.29 is 14.4 Å². The fourth-order valence-electron chi connectivity index (χ4n) is 2.99. The highest BCUT2D eigenvalue weighted by molar-refractivity contribution is 6.22. The Bertz CT molecular complexity index is 792. The topological polar surface area (TPSA) is 66.5 Å². The minimum Gasteiger partial charge on any atom is -0.348 e. The number of carbonyl (C=O) groups excluding carboxylic acids is 3. The van der Waals surface area contributed by atoms with E-state index in [1.54, 1.807) is 24.3 Å². The Labute approximate surface area is 146 Å². The highest BCUT2D eigenvalue weighted by atomic mass is 16.2. The molecule has 5 heteroatoms. The second kappa shape index (κ2) is 6.89. The normalized spacial score (nSPS) is 14.4. The molecule has 25 heavy (non-hydrogen) atoms. The number of hydrogen-bond acceptors (Lipinski definition) is 3. The van der Waals surface area contributed by atoms with Gasteiger partial charge in [0.2, 0.25) is 5.91 Å². The van der Waals surface area contributed by atoms with Gasteiger partial charge in [0.15, 0.2) is 0 Å². The van der Waals surface area contributed by atoms with Gasteiger partial charge < -0.3 is 5.32 Å². The first-order valence-corrected chi connectivity index (χ1v) is 8.32. The predicted molar refractivity (Wildman–Crippen MR) is 94.2 cm³/mol. The van der Waals surface area contributed by atoms with Crippen LogP contribution in [0.3, 0.4) is 0 Å². The predicted octanol–water partition coefficient (Wildman–Crippen LogP) is 2.86. The molecular weight excluding hydrogens is 316 g/mol. The highest BCUT2D eigenvalue weighted by Gasteiger charge is 2.36. The van der Waals surface area contributed by atoms with Gasteiger partial charge in [-0.3, -0.25) is 19.3 Å². The summed E-state index contributed by atoms with van der Waals surface area (Å²) in [6.45, 7) is 3.72. The molecule has 1 aliphatic rings. The van der Waals surface area contributed by atoms with Crippen LogP contribution >= 0.6 is 0 Å². The van der Waals surface area contributed by atoms with Crippen LogP contribution in [0.25, 0.3) is 0 Å². The molecule has 0 saturated carbocycles. The van der Waals surface area contributed by atoms with E-state index in [0.717, 1.165) is 22.4 Å². The number of rotatable bonds is 5. The first kappa shape index (κ1) is 16.9. The second-order valence-corrected chi connectivity index (χ2v) is 6.18. The lowest BCUT2D eigenvalue weighted by molar-refractivity contribution is -0.122. The first-order chi connectivity index (χ1) is 12.0. The van der Waals surface area contributed by atoms with Crippen molar-refractivity contribution in [2.24, 2.45) is 0 Å². The Hall–Kier alpha value is -2.95. The molecule has 0 aromatic heterocycles. The number of nitrogens with one attached hydrogen (secondary N) is 1. The highest BCUT2D eigenvalue weighted by Crippen LogP contribution is 2.22. The van der Waals surface area contributed by atoms with Gasteiger partial charge in [0, 0.05) is 0 Å². The number of aryl methyl sites for hydroxylation is 1. The van der Waals surface area contributed by atoms with Crippen LogP contribution in [0.2, 0.25) is 0 Å². The number of benzene rings is 2. The molecule has 0 bridgehead atoms. The summed E-state index contributed by atoms with van der Waals surface area (Å²) in [4.78, 5) is 38.1. The zero-order valence-corrected chi connectivity index (χ0v) is 14.3. The Morgan fingerprint density at radius 1 is 1.00 bits per heavy atom. The van der Waals surface area contributed by atoms with Crippen LogP contribution in [0.5, 0.6) is 0 Å². The smallest absolute Gasteiger partial charge is 0.262 e. The molecule has 0 aliphatic carbocycles. The lowest BCUT2D eigenvalue weighted by atomic mass is 10.0. The summed E-state index contributed by atoms with van der Waals surface area (Å²) in [5.74, 6) is -1.18. The molecule has 2 aromatic carbocycles. The number of carbonyl (C=O) groups is 3. The van der Waals surface area contributed by atoms with Crippen molar-refractivity contribution in [1.82, 2.24) is 10.2 Å². The molecule has 1 unspecified atom stereocenters. The van der Waals surface area contributed by atoms with Crippen molar-refractivity contribution in [3.63, 3.8) is 0 Å². The average Bonchev–Trinajstić information content (AvgIpc) is 2.86. The zero-order chi connectivity index (χ0) is 18.0. The average molecular weight is 336 g/mol. The molecule has 1 aliphatic heterocycles. The van der Waals surface area contributed by atoms with E-state index in [-0.39, 0.29) is 18.5 Å². The molecule has 1 atom stereocenters. The number of imide groups is 1. The van der Waals surface area contributed by atoms with Crippen molar-refractivity contribution in [3.05, 3.63) is 70.8 Å². The van der Waals surface area contributed by atoms with Crippen LogP contribution in [-0.4, -0.2) is 29.2 Å². The van der Waals surface area contributed by atoms with Crippen molar-refractivity contribution in [3.8, 4) is 0 Å². The van der Waals surface area contributed by atoms with Crippen molar-refractivity contribution in [2.45, 2.75) is 26.3 Å². The van der Waals surface area contributed by atoms with Crippen molar-refractivity contribution in [2.75, 3.05) is 6.54 Å². The van der Waals surface area contributed by atoms with Crippen LogP contribution in [0, 0.1) is 6.92 Å². The third kappa shape index (κ3) is 3.31. The van der Waals surface area contributed by atoms with Crippen LogP contribution in [0.1, 0.15) is 51.2 Å². The third-order valence-electron chi connectivity index (χ3n) is 4.40. The maximum absolute atomic E-state index is 12.4. The van der Waals surface area contributed by atoms with E-state index in [1.165, 1.54) is 0 Å². The molecule has 128 valence electrons. The van der Waals surface area contributed by atoms with E-state index in [9.17, 15) is 14.4 Å². The van der Waals surface area contributed by atoms with Crippen LogP contribution in [0.4, 0.5) is 0 Å². The van der Waals surface area contributed by atoms with E-state index >= 15 is 0 Å². The monoisotopic (exact) mass is 336 g/mol. The molecule has 3 rings (SSSR count). The molecule has 0 saturated heterocycles. The molecule has 2 aromatic rings. The van der Waals surface area contributed by atoms with Crippen molar-refractivity contribution >= 4 is 17.7 Å². The summed E-state index contributed by atoms with van der Waals surface area (Å²) in [6, 6.07) is 14.4. The van der Waals surface area contributed by atoms with Gasteiger partial charge in [0.25, 0.3) is 11.8 Å². The van der Waals surface area contributed by atoms with Gasteiger partial charge in [-0.2, -0.15) is 0 Å². The second-order valence-electron chi connectivity index (χ2n) is 6.18. The SMILES string of the molecule is CCC(NC(=O)CN1C(=O)c2ccccc2C1=O)c1ccc(C)cc1. The molecule has 0 spiro atoms. The number of hydrogen-bond donors (Lipinski definition) is 1. The Balaban J connectivity index is 1.69. The Morgan fingerprint density at radius 2 is 1.56 bits per heavy atom. The summed E-state index contributed by atoms with van der Waals surface area (Å²) in [5, 5.41) is 2.91. The number of amides is 3. The van der Waals surface area contributed by atoms with Gasteiger partial charge in [-0.1, -0.05) is 48.9 Å². The standard InChI is InChI=1S/C20H20N2O3/c1-3-17(14-10-8-13(2)9-11-14)21-18(23)12-22-19(24)15-6-4-5-7-16(15)20(22)25/h4-11,17H,3,12H2,1-2H3,(H,21,23). The fourth-order valence-corrected chi connectivity index (χ4v) is 2.99. The first-order valence-electron chi connectivity index (χ1n) is 8.32. The summed E-state index contributed by atoms with van der Waals surface area (Å²) in [6.07, 6.45) is 0.719. The molecule has 0 fully saturated rings. The minimum atomic E-state index is -0.417. The molecule has 5 nitrogen and oxygen atoms in total. The molecule has 3 amide bonds. The van der Waals surface area contributed by atoms with Gasteiger partial charge in [-0.15, -0.1) is 0 Å². The number of fused-ring (bicyclic) bond motifs is 1. The maximum atomic E-state index is 12.4. The Kier molecular flexibility index (Phi) is 4.65. The van der Waals surface area contributed by atoms with Gasteiger partial charge in [-0.25, -0.2) is 0 Å². The summed E-state index contributed by atoms with van der Waals surface area (Å²) < 4.78 is 0. The minimum absolute atomic E-state index is 0.150. The largest absolute Gasteiger partial charge is 0.348 e. The van der Waals surface area contributed by atoms with Gasteiger partial charge in [0.05, 0.1) is 17.2 Å². The summed E-state index contributed by atoms with van der Waals surface area (Å²) in [5.41, 5.74) is 2.86. The maximum Gasteiger partial charge on any atom is 0.262 e.